The van der Waals surface area contributed by atoms with Gasteiger partial charge in [0.05, 0.1) is 13.7 Å². The minimum absolute atomic E-state index is 0.495. The van der Waals surface area contributed by atoms with Crippen LogP contribution in [0.25, 0.3) is 0 Å². The van der Waals surface area contributed by atoms with Crippen molar-refractivity contribution in [3.8, 4) is 5.75 Å². The van der Waals surface area contributed by atoms with Crippen molar-refractivity contribution in [3.05, 3.63) is 59.1 Å². The zero-order valence-electron chi connectivity index (χ0n) is 15.0. The minimum Gasteiger partial charge on any atom is -0.497 e. The summed E-state index contributed by atoms with van der Waals surface area (Å²) in [4.78, 5) is 2.22. The zero-order valence-corrected chi connectivity index (χ0v) is 15.7. The van der Waals surface area contributed by atoms with E-state index in [-0.39, 0.29) is 0 Å². The fraction of sp³-hybridized carbons (Fsp3) is 0.381. The largest absolute Gasteiger partial charge is 0.497 e. The van der Waals surface area contributed by atoms with Gasteiger partial charge in [-0.1, -0.05) is 17.7 Å². The van der Waals surface area contributed by atoms with Crippen LogP contribution in [0.15, 0.2) is 48.5 Å². The van der Waals surface area contributed by atoms with Crippen LogP contribution in [0.5, 0.6) is 5.75 Å². The van der Waals surface area contributed by atoms with Gasteiger partial charge in [0.25, 0.3) is 11.6 Å². The molecule has 2 aliphatic rings. The molecule has 1 N–H and O–H groups in total. The maximum atomic E-state index is 11.7. The molecule has 26 heavy (non-hydrogen) atoms. The third kappa shape index (κ3) is 2.97. The average Bonchev–Trinajstić information content (AvgIpc) is 2.81. The Bertz CT molecular complexity index is 834. The van der Waals surface area contributed by atoms with Crippen molar-refractivity contribution in [3.63, 3.8) is 0 Å². The maximum absolute atomic E-state index is 11.7. The third-order valence-corrected chi connectivity index (χ3v) is 5.64. The Morgan fingerprint density at radius 3 is 2.65 bits per heavy atom. The van der Waals surface area contributed by atoms with Crippen molar-refractivity contribution < 1.29 is 14.4 Å². The van der Waals surface area contributed by atoms with Crippen LogP contribution in [0.2, 0.25) is 5.02 Å². The van der Waals surface area contributed by atoms with Crippen molar-refractivity contribution in [1.82, 2.24) is 0 Å². The van der Waals surface area contributed by atoms with Crippen LogP contribution in [0, 0.1) is 0 Å². The Balaban J connectivity index is 1.79. The predicted octanol–water partition coefficient (Wildman–Crippen LogP) is 4.00. The summed E-state index contributed by atoms with van der Waals surface area (Å²) in [6.07, 6.45) is 4.37. The van der Waals surface area contributed by atoms with Crippen molar-refractivity contribution in [2.75, 3.05) is 25.1 Å². The molecule has 0 aliphatic carbocycles. The zero-order chi connectivity index (χ0) is 18.1. The van der Waals surface area contributed by atoms with Gasteiger partial charge >= 0.3 is 0 Å². The summed E-state index contributed by atoms with van der Waals surface area (Å²) < 4.78 is 7.45. The highest BCUT2D eigenvalue weighted by atomic mass is 35.5. The monoisotopic (exact) mass is 371 g/mol. The lowest BCUT2D eigenvalue weighted by molar-refractivity contribution is -0.658. The number of benzene rings is 2. The first-order valence-electron chi connectivity index (χ1n) is 9.15. The number of halogens is 1. The molecule has 2 aromatic carbocycles. The van der Waals surface area contributed by atoms with Crippen molar-refractivity contribution in [2.24, 2.45) is 0 Å². The van der Waals surface area contributed by atoms with Gasteiger partial charge in [0.2, 0.25) is 0 Å². The summed E-state index contributed by atoms with van der Waals surface area (Å²) in [7, 11) is 1.65. The first kappa shape index (κ1) is 17.4. The van der Waals surface area contributed by atoms with E-state index in [1.54, 1.807) is 7.11 Å². The number of anilines is 1. The van der Waals surface area contributed by atoms with Gasteiger partial charge < -0.3 is 9.84 Å². The molecule has 2 aliphatic heterocycles. The van der Waals surface area contributed by atoms with Gasteiger partial charge in [-0.15, -0.1) is 0 Å². The summed E-state index contributed by atoms with van der Waals surface area (Å²) in [5.41, 5.74) is 0.875. The van der Waals surface area contributed by atoms with E-state index in [1.165, 1.54) is 12.3 Å². The molecular formula is C21H24ClN2O2+. The fourth-order valence-corrected chi connectivity index (χ4v) is 4.24. The van der Waals surface area contributed by atoms with Crippen molar-refractivity contribution in [2.45, 2.75) is 31.4 Å². The lowest BCUT2D eigenvalue weighted by Gasteiger charge is -2.23. The number of rotatable bonds is 3. The molecule has 136 valence electrons. The number of aliphatic hydroxyl groups is 1. The minimum atomic E-state index is -1.05. The Hall–Kier alpha value is -2.04. The quantitative estimate of drug-likeness (QED) is 0.828. The molecule has 0 aromatic heterocycles. The molecule has 0 amide bonds. The Morgan fingerprint density at radius 1 is 1.12 bits per heavy atom. The Morgan fingerprint density at radius 2 is 1.92 bits per heavy atom. The summed E-state index contributed by atoms with van der Waals surface area (Å²) in [6.45, 7) is 1.35. The second kappa shape index (κ2) is 6.93. The molecule has 0 fully saturated rings. The summed E-state index contributed by atoms with van der Waals surface area (Å²) in [5, 5.41) is 12.4. The molecule has 5 heteroatoms. The van der Waals surface area contributed by atoms with Crippen LogP contribution in [0.4, 0.5) is 5.69 Å². The smallest absolute Gasteiger partial charge is 0.271 e. The van der Waals surface area contributed by atoms with E-state index in [0.717, 1.165) is 42.8 Å². The van der Waals surface area contributed by atoms with Crippen LogP contribution in [-0.2, 0) is 5.72 Å². The lowest BCUT2D eigenvalue weighted by atomic mass is 10.0. The maximum Gasteiger partial charge on any atom is 0.271 e. The molecule has 1 atom stereocenters. The Labute approximate surface area is 159 Å². The van der Waals surface area contributed by atoms with Crippen molar-refractivity contribution in [1.29, 1.82) is 0 Å². The molecule has 0 radical (unpaired) electrons. The summed E-state index contributed by atoms with van der Waals surface area (Å²) >= 11 is 6.23. The highest BCUT2D eigenvalue weighted by molar-refractivity contribution is 6.30. The van der Waals surface area contributed by atoms with Crippen LogP contribution >= 0.6 is 11.6 Å². The third-order valence-electron chi connectivity index (χ3n) is 5.40. The van der Waals surface area contributed by atoms with Crippen LogP contribution in [0.3, 0.4) is 0 Å². The molecule has 4 nitrogen and oxygen atoms in total. The molecule has 0 saturated carbocycles. The van der Waals surface area contributed by atoms with Gasteiger partial charge in [0.15, 0.2) is 6.54 Å². The highest BCUT2D eigenvalue weighted by Gasteiger charge is 2.51. The SMILES string of the molecule is COc1ccc(C2(O)CN(c3cccc(Cl)c3)C3=[N+]2CCCCC3)cc1. The van der Waals surface area contributed by atoms with Gasteiger partial charge in [-0.05, 0) is 55.7 Å². The normalized spacial score (nSPS) is 23.0. The topological polar surface area (TPSA) is 35.7 Å². The Kier molecular flexibility index (Phi) is 4.63. The second-order valence-electron chi connectivity index (χ2n) is 6.99. The second-order valence-corrected chi connectivity index (χ2v) is 7.43. The van der Waals surface area contributed by atoms with Gasteiger partial charge in [-0.2, -0.15) is 0 Å². The van der Waals surface area contributed by atoms with Gasteiger partial charge in [0, 0.05) is 23.1 Å². The molecule has 4 rings (SSSR count). The molecule has 0 saturated heterocycles. The standard InChI is InChI=1S/C21H24ClN2O2/c1-26-19-11-9-16(10-12-19)21(25)15-23(18-7-5-6-17(22)14-18)20-8-3-2-4-13-24(20)21/h5-7,9-12,14,25H,2-4,8,13,15H2,1H3/q+1. The predicted molar refractivity (Wildman–Crippen MR) is 104 cm³/mol. The summed E-state index contributed by atoms with van der Waals surface area (Å²) in [5.74, 6) is 1.98. The van der Waals surface area contributed by atoms with E-state index in [0.29, 0.717) is 11.6 Å². The molecule has 2 aromatic rings. The van der Waals surface area contributed by atoms with Crippen LogP contribution in [0.1, 0.15) is 31.2 Å². The van der Waals surface area contributed by atoms with Gasteiger partial charge in [0.1, 0.15) is 11.4 Å². The van der Waals surface area contributed by atoms with Crippen molar-refractivity contribution >= 4 is 23.1 Å². The number of β-amino-alcohol motifs (C(OH)–C–C–N with tert-alkyl or cyclic N) is 1. The van der Waals surface area contributed by atoms with E-state index in [2.05, 4.69) is 15.5 Å². The van der Waals surface area contributed by atoms with E-state index in [1.807, 2.05) is 42.5 Å². The highest BCUT2D eigenvalue weighted by Crippen LogP contribution is 2.36. The summed E-state index contributed by atoms with van der Waals surface area (Å²) in [6, 6.07) is 15.6. The number of nitrogens with zero attached hydrogens (tertiary/aromatic N) is 2. The number of methoxy groups -OCH3 is 1. The van der Waals surface area contributed by atoms with Gasteiger partial charge in [-0.25, -0.2) is 9.48 Å². The molecule has 1 unspecified atom stereocenters. The molecule has 2 heterocycles. The van der Waals surface area contributed by atoms with E-state index >= 15 is 0 Å². The first-order valence-corrected chi connectivity index (χ1v) is 9.53. The lowest BCUT2D eigenvalue weighted by Crippen LogP contribution is -2.41. The number of ether oxygens (including phenoxy) is 1. The average molecular weight is 372 g/mol. The molecule has 0 spiro atoms. The van der Waals surface area contributed by atoms with Crippen LogP contribution < -0.4 is 9.64 Å². The molecule has 0 bridgehead atoms. The van der Waals surface area contributed by atoms with Crippen LogP contribution in [-0.4, -0.2) is 35.7 Å². The van der Waals surface area contributed by atoms with Gasteiger partial charge in [-0.3, -0.25) is 0 Å². The number of amidine groups is 1. The number of hydrogen-bond donors (Lipinski definition) is 1. The fourth-order valence-electron chi connectivity index (χ4n) is 4.06. The molecular weight excluding hydrogens is 348 g/mol. The van der Waals surface area contributed by atoms with E-state index in [9.17, 15) is 5.11 Å². The first-order chi connectivity index (χ1) is 12.6. The number of hydrogen-bond acceptors (Lipinski definition) is 3. The van der Waals surface area contributed by atoms with E-state index < -0.39 is 5.72 Å². The van der Waals surface area contributed by atoms with E-state index in [4.69, 9.17) is 16.3 Å².